The molecule has 1 saturated heterocycles. The van der Waals surface area contributed by atoms with Crippen LogP contribution in [0.25, 0.3) is 0 Å². The first kappa shape index (κ1) is 8.99. The lowest BCUT2D eigenvalue weighted by Gasteiger charge is -2.20. The molecule has 1 unspecified atom stereocenters. The highest BCUT2D eigenvalue weighted by molar-refractivity contribution is 5.83. The highest BCUT2D eigenvalue weighted by Gasteiger charge is 2.28. The van der Waals surface area contributed by atoms with Gasteiger partial charge in [-0.1, -0.05) is 0 Å². The van der Waals surface area contributed by atoms with Gasteiger partial charge in [0.1, 0.15) is 0 Å². The fourth-order valence-corrected chi connectivity index (χ4v) is 1.05. The summed E-state index contributed by atoms with van der Waals surface area (Å²) in [7, 11) is 1.48. The lowest BCUT2D eigenvalue weighted by molar-refractivity contribution is -0.149. The molecule has 1 rings (SSSR count). The van der Waals surface area contributed by atoms with E-state index in [9.17, 15) is 9.59 Å². The number of hydrogen-bond donors (Lipinski definition) is 1. The maximum absolute atomic E-state index is 11.1. The van der Waals surface area contributed by atoms with Crippen LogP contribution in [-0.4, -0.2) is 48.2 Å². The van der Waals surface area contributed by atoms with Gasteiger partial charge in [0.15, 0.2) is 6.04 Å². The molecular formula is C7H11NO4. The minimum absolute atomic E-state index is 0.0809. The molecule has 1 amide bonds. The fraction of sp³-hybridized carbons (Fsp3) is 0.714. The van der Waals surface area contributed by atoms with Crippen LogP contribution >= 0.6 is 0 Å². The average Bonchev–Trinajstić information content (AvgIpc) is 2.15. The van der Waals surface area contributed by atoms with E-state index in [2.05, 4.69) is 0 Å². The number of nitrogens with zero attached hydrogens (tertiary/aromatic N) is 1. The van der Waals surface area contributed by atoms with Crippen molar-refractivity contribution in [3.8, 4) is 0 Å². The van der Waals surface area contributed by atoms with Gasteiger partial charge in [-0.05, 0) is 0 Å². The Bertz CT molecular complexity index is 204. The van der Waals surface area contributed by atoms with Crippen LogP contribution in [0.3, 0.4) is 0 Å². The van der Waals surface area contributed by atoms with Gasteiger partial charge in [0, 0.05) is 7.05 Å². The van der Waals surface area contributed by atoms with Crippen molar-refractivity contribution in [3.05, 3.63) is 0 Å². The summed E-state index contributed by atoms with van der Waals surface area (Å²) in [4.78, 5) is 22.9. The lowest BCUT2D eigenvalue weighted by atomic mass is 10.3. The molecule has 12 heavy (non-hydrogen) atoms. The largest absolute Gasteiger partial charge is 0.480 e. The van der Waals surface area contributed by atoms with Gasteiger partial charge in [-0.2, -0.15) is 0 Å². The molecule has 0 aromatic heterocycles. The number of aliphatic carboxylic acids is 1. The predicted molar refractivity (Wildman–Crippen MR) is 39.6 cm³/mol. The molecule has 0 bridgehead atoms. The Morgan fingerprint density at radius 1 is 1.75 bits per heavy atom. The van der Waals surface area contributed by atoms with Crippen molar-refractivity contribution >= 4 is 11.9 Å². The maximum atomic E-state index is 11.1. The fourth-order valence-electron chi connectivity index (χ4n) is 1.05. The van der Waals surface area contributed by atoms with E-state index in [1.165, 1.54) is 11.9 Å². The van der Waals surface area contributed by atoms with E-state index in [0.29, 0.717) is 6.61 Å². The summed E-state index contributed by atoms with van der Waals surface area (Å²) in [6.45, 7) is 0.393. The van der Waals surface area contributed by atoms with Crippen molar-refractivity contribution in [2.45, 2.75) is 12.5 Å². The van der Waals surface area contributed by atoms with Gasteiger partial charge in [-0.25, -0.2) is 4.79 Å². The lowest BCUT2D eigenvalue weighted by Crippen LogP contribution is -2.43. The van der Waals surface area contributed by atoms with Gasteiger partial charge in [-0.15, -0.1) is 0 Å². The third-order valence-electron chi connectivity index (χ3n) is 1.88. The number of carboxylic acid groups (broad SMARTS) is 1. The molecule has 0 saturated carbocycles. The number of ether oxygens (including phenoxy) is 1. The molecule has 1 N–H and O–H groups in total. The molecule has 68 valence electrons. The first-order valence-corrected chi connectivity index (χ1v) is 3.69. The van der Waals surface area contributed by atoms with E-state index >= 15 is 0 Å². The van der Waals surface area contributed by atoms with Crippen molar-refractivity contribution in [2.24, 2.45) is 0 Å². The first-order valence-electron chi connectivity index (χ1n) is 3.69. The molecule has 1 atom stereocenters. The van der Waals surface area contributed by atoms with Crippen LogP contribution in [0.5, 0.6) is 0 Å². The minimum Gasteiger partial charge on any atom is -0.480 e. The van der Waals surface area contributed by atoms with Crippen molar-refractivity contribution < 1.29 is 19.4 Å². The number of likely N-dealkylation sites (N-methyl/N-ethyl adjacent to an activating group) is 1. The molecule has 0 radical (unpaired) electrons. The molecule has 0 aromatic rings. The highest BCUT2D eigenvalue weighted by atomic mass is 16.5. The van der Waals surface area contributed by atoms with Crippen LogP contribution in [0.1, 0.15) is 6.42 Å². The Kier molecular flexibility index (Phi) is 2.65. The Morgan fingerprint density at radius 2 is 2.42 bits per heavy atom. The molecule has 5 heteroatoms. The number of hydrogen-bond acceptors (Lipinski definition) is 3. The second kappa shape index (κ2) is 3.53. The number of amides is 1. The van der Waals surface area contributed by atoms with E-state index < -0.39 is 12.0 Å². The zero-order valence-electron chi connectivity index (χ0n) is 6.82. The van der Waals surface area contributed by atoms with Crippen LogP contribution in [-0.2, 0) is 14.3 Å². The van der Waals surface area contributed by atoms with Crippen LogP contribution in [0, 0.1) is 0 Å². The first-order chi connectivity index (χ1) is 5.63. The predicted octanol–water partition coefficient (Wildman–Crippen LogP) is -0.682. The molecule has 0 aliphatic carbocycles. The molecule has 1 fully saturated rings. The van der Waals surface area contributed by atoms with E-state index in [-0.39, 0.29) is 18.9 Å². The van der Waals surface area contributed by atoms with Gasteiger partial charge < -0.3 is 14.7 Å². The zero-order chi connectivity index (χ0) is 9.14. The molecular weight excluding hydrogens is 162 g/mol. The topological polar surface area (TPSA) is 66.8 Å². The van der Waals surface area contributed by atoms with Gasteiger partial charge in [-0.3, -0.25) is 4.79 Å². The normalized spacial score (nSPS) is 25.2. The molecule has 5 nitrogen and oxygen atoms in total. The summed E-state index contributed by atoms with van der Waals surface area (Å²) in [5, 5.41) is 8.68. The van der Waals surface area contributed by atoms with Crippen LogP contribution < -0.4 is 0 Å². The maximum Gasteiger partial charge on any atom is 0.328 e. The highest BCUT2D eigenvalue weighted by Crippen LogP contribution is 2.06. The Balaban J connectivity index is 2.70. The second-order valence-electron chi connectivity index (χ2n) is 2.68. The van der Waals surface area contributed by atoms with Gasteiger partial charge in [0.2, 0.25) is 5.91 Å². The third kappa shape index (κ3) is 1.73. The number of rotatable bonds is 1. The smallest absolute Gasteiger partial charge is 0.328 e. The van der Waals surface area contributed by atoms with E-state index in [4.69, 9.17) is 9.84 Å². The summed E-state index contributed by atoms with van der Waals surface area (Å²) in [6, 6.07) is -0.833. The molecule has 1 heterocycles. The summed E-state index contributed by atoms with van der Waals surface area (Å²) in [5.41, 5.74) is 0. The quantitative estimate of drug-likeness (QED) is 0.570. The summed E-state index contributed by atoms with van der Waals surface area (Å²) >= 11 is 0. The third-order valence-corrected chi connectivity index (χ3v) is 1.88. The van der Waals surface area contributed by atoms with E-state index in [1.54, 1.807) is 0 Å². The van der Waals surface area contributed by atoms with Crippen LogP contribution in [0.15, 0.2) is 0 Å². The molecule has 1 aliphatic rings. The van der Waals surface area contributed by atoms with Crippen molar-refractivity contribution in [1.29, 1.82) is 0 Å². The minimum atomic E-state index is -1.02. The van der Waals surface area contributed by atoms with E-state index in [1.807, 2.05) is 0 Å². The van der Waals surface area contributed by atoms with Gasteiger partial charge >= 0.3 is 5.97 Å². The van der Waals surface area contributed by atoms with Crippen LogP contribution in [0.2, 0.25) is 0 Å². The Morgan fingerprint density at radius 3 is 3.00 bits per heavy atom. The molecule has 0 aromatic carbocycles. The van der Waals surface area contributed by atoms with Crippen molar-refractivity contribution in [2.75, 3.05) is 20.3 Å². The van der Waals surface area contributed by atoms with E-state index in [0.717, 1.165) is 0 Å². The summed E-state index contributed by atoms with van der Waals surface area (Å²) in [6.07, 6.45) is 0.264. The number of carbonyl (C=O) groups is 2. The van der Waals surface area contributed by atoms with Crippen molar-refractivity contribution in [1.82, 2.24) is 4.90 Å². The zero-order valence-corrected chi connectivity index (χ0v) is 6.82. The second-order valence-corrected chi connectivity index (χ2v) is 2.68. The molecule has 0 spiro atoms. The number of carbonyl (C=O) groups excluding carboxylic acids is 1. The SMILES string of the molecule is CN1C(=O)CCOCC1C(=O)O. The number of carboxylic acids is 1. The summed E-state index contributed by atoms with van der Waals surface area (Å²) in [5.74, 6) is -1.20. The van der Waals surface area contributed by atoms with Crippen molar-refractivity contribution in [3.63, 3.8) is 0 Å². The Labute approximate surface area is 69.9 Å². The van der Waals surface area contributed by atoms with Gasteiger partial charge in [0.05, 0.1) is 19.6 Å². The monoisotopic (exact) mass is 173 g/mol. The Hall–Kier alpha value is -1.10. The van der Waals surface area contributed by atoms with Gasteiger partial charge in [0.25, 0.3) is 0 Å². The average molecular weight is 173 g/mol. The standard InChI is InChI=1S/C7H11NO4/c1-8-5(7(10)11)4-12-3-2-6(8)9/h5H,2-4H2,1H3,(H,10,11). The van der Waals surface area contributed by atoms with Crippen LogP contribution in [0.4, 0.5) is 0 Å². The molecule has 1 aliphatic heterocycles. The summed E-state index contributed by atoms with van der Waals surface area (Å²) < 4.78 is 4.97.